The van der Waals surface area contributed by atoms with Crippen molar-refractivity contribution in [2.75, 3.05) is 6.54 Å². The highest BCUT2D eigenvalue weighted by Crippen LogP contribution is 2.11. The highest BCUT2D eigenvalue weighted by molar-refractivity contribution is 5.68. The molecule has 26 heavy (non-hydrogen) atoms. The molecular weight excluding hydrogens is 332 g/mol. The second kappa shape index (κ2) is 10.7. The van der Waals surface area contributed by atoms with Crippen LogP contribution in [0.1, 0.15) is 53.0 Å². The predicted molar refractivity (Wildman–Crippen MR) is 102 cm³/mol. The molecule has 1 aromatic rings. The Labute approximate surface area is 156 Å². The van der Waals surface area contributed by atoms with Gasteiger partial charge < -0.3 is 20.1 Å². The zero-order valence-electron chi connectivity index (χ0n) is 16.5. The van der Waals surface area contributed by atoms with Gasteiger partial charge in [-0.05, 0) is 45.1 Å². The van der Waals surface area contributed by atoms with Gasteiger partial charge in [0.25, 0.3) is 0 Å². The summed E-state index contributed by atoms with van der Waals surface area (Å²) in [5.41, 5.74) is 0.430. The second-order valence-electron chi connectivity index (χ2n) is 7.63. The van der Waals surface area contributed by atoms with E-state index in [1.807, 2.05) is 65.0 Å². The first-order valence-electron chi connectivity index (χ1n) is 9.11. The van der Waals surface area contributed by atoms with E-state index in [1.54, 1.807) is 0 Å². The van der Waals surface area contributed by atoms with Gasteiger partial charge in [0.05, 0.1) is 0 Å². The summed E-state index contributed by atoms with van der Waals surface area (Å²) >= 11 is 0. The van der Waals surface area contributed by atoms with E-state index in [4.69, 9.17) is 9.47 Å². The SMILES string of the molecule is CC(C)[C@@H](CCCNC(=O)OCc1ccccc1)NC(=O)OC(C)(C)C. The number of nitrogens with one attached hydrogen (secondary N) is 2. The van der Waals surface area contributed by atoms with Gasteiger partial charge in [-0.15, -0.1) is 0 Å². The van der Waals surface area contributed by atoms with Gasteiger partial charge >= 0.3 is 12.2 Å². The summed E-state index contributed by atoms with van der Waals surface area (Å²) in [5.74, 6) is 0.271. The molecule has 0 spiro atoms. The first-order valence-corrected chi connectivity index (χ1v) is 9.11. The molecule has 6 heteroatoms. The molecule has 0 unspecified atom stereocenters. The number of alkyl carbamates (subject to hydrolysis) is 2. The van der Waals surface area contributed by atoms with Gasteiger partial charge in [-0.3, -0.25) is 0 Å². The normalized spacial score (nSPS) is 12.4. The fraction of sp³-hybridized carbons (Fsp3) is 0.600. The summed E-state index contributed by atoms with van der Waals surface area (Å²) in [6, 6.07) is 9.53. The van der Waals surface area contributed by atoms with Gasteiger partial charge in [0.1, 0.15) is 12.2 Å². The first-order chi connectivity index (χ1) is 12.2. The molecule has 2 N–H and O–H groups in total. The highest BCUT2D eigenvalue weighted by atomic mass is 16.6. The van der Waals surface area contributed by atoms with E-state index in [0.29, 0.717) is 6.54 Å². The Morgan fingerprint density at radius 2 is 1.73 bits per heavy atom. The number of rotatable bonds is 8. The number of ether oxygens (including phenoxy) is 2. The van der Waals surface area contributed by atoms with Crippen molar-refractivity contribution in [3.05, 3.63) is 35.9 Å². The molecular formula is C20H32N2O4. The number of amides is 2. The van der Waals surface area contributed by atoms with Gasteiger partial charge in [0, 0.05) is 12.6 Å². The van der Waals surface area contributed by atoms with Crippen LogP contribution in [0.5, 0.6) is 0 Å². The molecule has 1 aromatic carbocycles. The maximum absolute atomic E-state index is 11.9. The first kappa shape index (κ1) is 21.8. The molecule has 0 heterocycles. The third kappa shape index (κ3) is 9.91. The lowest BCUT2D eigenvalue weighted by Gasteiger charge is -2.25. The van der Waals surface area contributed by atoms with Crippen molar-refractivity contribution in [1.82, 2.24) is 10.6 Å². The van der Waals surface area contributed by atoms with Gasteiger partial charge in [-0.1, -0.05) is 44.2 Å². The van der Waals surface area contributed by atoms with Crippen molar-refractivity contribution in [3.63, 3.8) is 0 Å². The molecule has 0 saturated carbocycles. The van der Waals surface area contributed by atoms with Crippen LogP contribution in [0.4, 0.5) is 9.59 Å². The second-order valence-corrected chi connectivity index (χ2v) is 7.63. The summed E-state index contributed by atoms with van der Waals surface area (Å²) in [7, 11) is 0. The van der Waals surface area contributed by atoms with Crippen LogP contribution in [0.15, 0.2) is 30.3 Å². The third-order valence-electron chi connectivity index (χ3n) is 3.68. The van der Waals surface area contributed by atoms with E-state index in [2.05, 4.69) is 10.6 Å². The fourth-order valence-electron chi connectivity index (χ4n) is 2.32. The molecule has 0 saturated heterocycles. The van der Waals surface area contributed by atoms with E-state index in [-0.39, 0.29) is 18.6 Å². The molecule has 0 aliphatic rings. The standard InChI is InChI=1S/C20H32N2O4/c1-15(2)17(22-19(24)26-20(3,4)5)12-9-13-21-18(23)25-14-16-10-7-6-8-11-16/h6-8,10-11,15,17H,9,12-14H2,1-5H3,(H,21,23)(H,22,24)/t17-/m1/s1. The number of benzene rings is 1. The Balaban J connectivity index is 2.25. The monoisotopic (exact) mass is 364 g/mol. The lowest BCUT2D eigenvalue weighted by molar-refractivity contribution is 0.0486. The molecule has 6 nitrogen and oxygen atoms in total. The van der Waals surface area contributed by atoms with Crippen molar-refractivity contribution in [2.45, 2.75) is 65.7 Å². The quantitative estimate of drug-likeness (QED) is 0.676. The smallest absolute Gasteiger partial charge is 0.407 e. The molecule has 0 aliphatic heterocycles. The van der Waals surface area contributed by atoms with Crippen molar-refractivity contribution >= 4 is 12.2 Å². The zero-order valence-corrected chi connectivity index (χ0v) is 16.5. The highest BCUT2D eigenvalue weighted by Gasteiger charge is 2.21. The minimum absolute atomic E-state index is 0.00742. The summed E-state index contributed by atoms with van der Waals surface area (Å²) in [6.45, 7) is 10.3. The fourth-order valence-corrected chi connectivity index (χ4v) is 2.32. The Bertz CT molecular complexity index is 553. The molecule has 2 amide bonds. The van der Waals surface area contributed by atoms with Crippen molar-refractivity contribution < 1.29 is 19.1 Å². The van der Waals surface area contributed by atoms with Crippen molar-refractivity contribution in [1.29, 1.82) is 0 Å². The van der Waals surface area contributed by atoms with Gasteiger partial charge in [0.2, 0.25) is 0 Å². The summed E-state index contributed by atoms with van der Waals surface area (Å²) in [6.07, 6.45) is 0.635. The maximum atomic E-state index is 11.9. The Hall–Kier alpha value is -2.24. The van der Waals surface area contributed by atoms with Crippen LogP contribution >= 0.6 is 0 Å². The molecule has 0 aliphatic carbocycles. The van der Waals surface area contributed by atoms with E-state index in [0.717, 1.165) is 18.4 Å². The third-order valence-corrected chi connectivity index (χ3v) is 3.68. The largest absolute Gasteiger partial charge is 0.445 e. The molecule has 146 valence electrons. The molecule has 1 rings (SSSR count). The zero-order chi connectivity index (χ0) is 19.6. The average molecular weight is 364 g/mol. The summed E-state index contributed by atoms with van der Waals surface area (Å²) in [4.78, 5) is 23.6. The molecule has 1 atom stereocenters. The minimum Gasteiger partial charge on any atom is -0.445 e. The number of hydrogen-bond donors (Lipinski definition) is 2. The van der Waals surface area contributed by atoms with Gasteiger partial charge in [-0.2, -0.15) is 0 Å². The van der Waals surface area contributed by atoms with Crippen LogP contribution in [0.25, 0.3) is 0 Å². The minimum atomic E-state index is -0.518. The van der Waals surface area contributed by atoms with Gasteiger partial charge in [-0.25, -0.2) is 9.59 Å². The van der Waals surface area contributed by atoms with Crippen LogP contribution in [0.2, 0.25) is 0 Å². The Morgan fingerprint density at radius 3 is 2.31 bits per heavy atom. The van der Waals surface area contributed by atoms with E-state index < -0.39 is 17.8 Å². The maximum Gasteiger partial charge on any atom is 0.407 e. The Morgan fingerprint density at radius 1 is 1.08 bits per heavy atom. The van der Waals surface area contributed by atoms with Crippen molar-refractivity contribution in [3.8, 4) is 0 Å². The van der Waals surface area contributed by atoms with Crippen molar-refractivity contribution in [2.24, 2.45) is 5.92 Å². The van der Waals surface area contributed by atoms with E-state index in [9.17, 15) is 9.59 Å². The molecule has 0 fully saturated rings. The Kier molecular flexibility index (Phi) is 8.96. The van der Waals surface area contributed by atoms with Crippen LogP contribution in [-0.2, 0) is 16.1 Å². The van der Waals surface area contributed by atoms with Crippen LogP contribution in [0.3, 0.4) is 0 Å². The number of hydrogen-bond acceptors (Lipinski definition) is 4. The number of carbonyl (C=O) groups excluding carboxylic acids is 2. The molecule has 0 aromatic heterocycles. The number of carbonyl (C=O) groups is 2. The van der Waals surface area contributed by atoms with Crippen LogP contribution in [-0.4, -0.2) is 30.4 Å². The predicted octanol–water partition coefficient (Wildman–Crippen LogP) is 4.24. The lowest BCUT2D eigenvalue weighted by atomic mass is 9.99. The van der Waals surface area contributed by atoms with Crippen LogP contribution in [0, 0.1) is 5.92 Å². The van der Waals surface area contributed by atoms with Crippen LogP contribution < -0.4 is 10.6 Å². The van der Waals surface area contributed by atoms with E-state index >= 15 is 0 Å². The van der Waals surface area contributed by atoms with E-state index in [1.165, 1.54) is 0 Å². The van der Waals surface area contributed by atoms with Gasteiger partial charge in [0.15, 0.2) is 0 Å². The topological polar surface area (TPSA) is 76.7 Å². The molecule has 0 radical (unpaired) electrons. The average Bonchev–Trinajstić information content (AvgIpc) is 2.54. The summed E-state index contributed by atoms with van der Waals surface area (Å²) in [5, 5.41) is 5.64. The molecule has 0 bridgehead atoms. The summed E-state index contributed by atoms with van der Waals surface area (Å²) < 4.78 is 10.5. The lowest BCUT2D eigenvalue weighted by Crippen LogP contribution is -2.42.